The summed E-state index contributed by atoms with van der Waals surface area (Å²) in [4.78, 5) is 11.2. The topological polar surface area (TPSA) is 51.5 Å². The monoisotopic (exact) mass is 287 g/mol. The summed E-state index contributed by atoms with van der Waals surface area (Å²) in [6, 6.07) is 5.40. The molecule has 1 aliphatic rings. The first-order valence-corrected chi connectivity index (χ1v) is 7.33. The van der Waals surface area contributed by atoms with Crippen LogP contribution < -0.4 is 0 Å². The van der Waals surface area contributed by atoms with Crippen LogP contribution in [0, 0.1) is 5.41 Å². The quantitative estimate of drug-likeness (QED) is 0.936. The first-order chi connectivity index (χ1) is 9.89. The highest BCUT2D eigenvalue weighted by Crippen LogP contribution is 2.34. The molecule has 0 unspecified atom stereocenters. The summed E-state index contributed by atoms with van der Waals surface area (Å²) < 4.78 is 7.58. The van der Waals surface area contributed by atoms with Gasteiger partial charge in [0.05, 0.1) is 18.8 Å². The Labute approximate surface area is 124 Å². The average molecular weight is 287 g/mol. The Morgan fingerprint density at radius 2 is 2.14 bits per heavy atom. The molecule has 4 heteroatoms. The zero-order valence-corrected chi connectivity index (χ0v) is 12.7. The molecule has 4 nitrogen and oxygen atoms in total. The summed E-state index contributed by atoms with van der Waals surface area (Å²) in [5.41, 5.74) is 2.85. The normalized spacial score (nSPS) is 17.1. The minimum absolute atomic E-state index is 0.186. The van der Waals surface area contributed by atoms with E-state index in [-0.39, 0.29) is 5.41 Å². The van der Waals surface area contributed by atoms with Gasteiger partial charge in [-0.15, -0.1) is 0 Å². The maximum atomic E-state index is 11.2. The molecule has 21 heavy (non-hydrogen) atoms. The summed E-state index contributed by atoms with van der Waals surface area (Å²) in [5, 5.41) is 10.2. The third-order valence-corrected chi connectivity index (χ3v) is 4.23. The maximum Gasteiger partial charge on any atom is 0.335 e. The Bertz CT molecular complexity index is 695. The number of nitrogens with zero attached hydrogens (tertiary/aromatic N) is 1. The van der Waals surface area contributed by atoms with Crippen molar-refractivity contribution in [1.29, 1.82) is 0 Å². The molecule has 2 heterocycles. The van der Waals surface area contributed by atoms with Gasteiger partial charge in [-0.1, -0.05) is 20.8 Å². The molecule has 0 bridgehead atoms. The molecule has 0 amide bonds. The van der Waals surface area contributed by atoms with Gasteiger partial charge in [0.1, 0.15) is 0 Å². The molecular weight excluding hydrogens is 266 g/mol. The van der Waals surface area contributed by atoms with Crippen LogP contribution in [-0.4, -0.2) is 28.9 Å². The van der Waals surface area contributed by atoms with E-state index in [4.69, 9.17) is 4.74 Å². The van der Waals surface area contributed by atoms with Gasteiger partial charge in [0, 0.05) is 29.1 Å². The maximum absolute atomic E-state index is 11.2. The minimum Gasteiger partial charge on any atom is -0.478 e. The standard InChI is InChI=1S/C17H21NO3/c1-11(2)14-7-18(8-17(3)9-21-10-17)15-5-4-12(16(19)20)6-13(14)15/h4-7,11H,8-10H2,1-3H3,(H,19,20). The Hall–Kier alpha value is -1.81. The van der Waals surface area contributed by atoms with Gasteiger partial charge in [0.25, 0.3) is 0 Å². The average Bonchev–Trinajstić information content (AvgIpc) is 2.75. The van der Waals surface area contributed by atoms with E-state index < -0.39 is 5.97 Å². The fourth-order valence-electron chi connectivity index (χ4n) is 3.00. The van der Waals surface area contributed by atoms with Gasteiger partial charge in [-0.25, -0.2) is 4.79 Å². The number of fused-ring (bicyclic) bond motifs is 1. The molecule has 112 valence electrons. The van der Waals surface area contributed by atoms with Crippen molar-refractivity contribution in [2.75, 3.05) is 13.2 Å². The fourth-order valence-corrected chi connectivity index (χ4v) is 3.00. The number of hydrogen-bond acceptors (Lipinski definition) is 2. The van der Waals surface area contributed by atoms with E-state index in [2.05, 4.69) is 31.5 Å². The van der Waals surface area contributed by atoms with Crippen LogP contribution in [0.5, 0.6) is 0 Å². The molecule has 3 rings (SSSR count). The van der Waals surface area contributed by atoms with Gasteiger partial charge in [0.15, 0.2) is 0 Å². The number of aromatic carboxylic acids is 1. The highest BCUT2D eigenvalue weighted by Gasteiger charge is 2.34. The first kappa shape index (κ1) is 14.1. The van der Waals surface area contributed by atoms with E-state index in [0.29, 0.717) is 11.5 Å². The molecule has 0 radical (unpaired) electrons. The molecule has 1 aromatic carbocycles. The highest BCUT2D eigenvalue weighted by molar-refractivity contribution is 5.95. The molecule has 1 saturated heterocycles. The fraction of sp³-hybridized carbons (Fsp3) is 0.471. The second-order valence-electron chi connectivity index (χ2n) is 6.71. The predicted molar refractivity (Wildman–Crippen MR) is 81.9 cm³/mol. The van der Waals surface area contributed by atoms with Crippen LogP contribution in [0.2, 0.25) is 0 Å². The van der Waals surface area contributed by atoms with Crippen molar-refractivity contribution in [2.45, 2.75) is 33.2 Å². The van der Waals surface area contributed by atoms with Gasteiger partial charge in [-0.2, -0.15) is 0 Å². The molecule has 0 spiro atoms. The van der Waals surface area contributed by atoms with Crippen LogP contribution >= 0.6 is 0 Å². The summed E-state index contributed by atoms with van der Waals surface area (Å²) >= 11 is 0. The number of carboxylic acids is 1. The summed E-state index contributed by atoms with van der Waals surface area (Å²) in [5.74, 6) is -0.512. The van der Waals surface area contributed by atoms with Crippen molar-refractivity contribution in [2.24, 2.45) is 5.41 Å². The molecule has 0 saturated carbocycles. The summed E-state index contributed by atoms with van der Waals surface area (Å²) in [6.07, 6.45) is 2.17. The minimum atomic E-state index is -0.876. The zero-order chi connectivity index (χ0) is 15.2. The Morgan fingerprint density at radius 1 is 1.43 bits per heavy atom. The SMILES string of the molecule is CC(C)c1cn(CC2(C)COC2)c2ccc(C(=O)O)cc12. The van der Waals surface area contributed by atoms with Gasteiger partial charge in [-0.05, 0) is 29.7 Å². The van der Waals surface area contributed by atoms with Crippen LogP contribution in [0.1, 0.15) is 42.6 Å². The van der Waals surface area contributed by atoms with Gasteiger partial charge in [-0.3, -0.25) is 0 Å². The van der Waals surface area contributed by atoms with E-state index in [1.165, 1.54) is 5.56 Å². The van der Waals surface area contributed by atoms with Gasteiger partial charge in [0.2, 0.25) is 0 Å². The van der Waals surface area contributed by atoms with E-state index in [1.54, 1.807) is 12.1 Å². The number of rotatable bonds is 4. The van der Waals surface area contributed by atoms with E-state index >= 15 is 0 Å². The van der Waals surface area contributed by atoms with Crippen molar-refractivity contribution < 1.29 is 14.6 Å². The Balaban J connectivity index is 2.10. The smallest absolute Gasteiger partial charge is 0.335 e. The van der Waals surface area contributed by atoms with Crippen LogP contribution in [0.4, 0.5) is 0 Å². The molecule has 2 aromatic rings. The van der Waals surface area contributed by atoms with Crippen molar-refractivity contribution in [1.82, 2.24) is 4.57 Å². The van der Waals surface area contributed by atoms with Crippen LogP contribution in [0.3, 0.4) is 0 Å². The molecule has 0 aliphatic carbocycles. The summed E-state index contributed by atoms with van der Waals surface area (Å²) in [6.45, 7) is 8.99. The van der Waals surface area contributed by atoms with Crippen molar-refractivity contribution in [3.63, 3.8) is 0 Å². The van der Waals surface area contributed by atoms with Crippen LogP contribution in [0.15, 0.2) is 24.4 Å². The third kappa shape index (κ3) is 2.44. The predicted octanol–water partition coefficient (Wildman–Crippen LogP) is 3.50. The number of carboxylic acid groups (broad SMARTS) is 1. The lowest BCUT2D eigenvalue weighted by Gasteiger charge is -2.38. The van der Waals surface area contributed by atoms with Crippen molar-refractivity contribution in [3.8, 4) is 0 Å². The van der Waals surface area contributed by atoms with Crippen LogP contribution in [-0.2, 0) is 11.3 Å². The van der Waals surface area contributed by atoms with Crippen molar-refractivity contribution >= 4 is 16.9 Å². The van der Waals surface area contributed by atoms with Crippen LogP contribution in [0.25, 0.3) is 10.9 Å². The number of benzene rings is 1. The van der Waals surface area contributed by atoms with E-state index in [0.717, 1.165) is 30.7 Å². The number of aromatic nitrogens is 1. The second kappa shape index (κ2) is 4.88. The number of hydrogen-bond donors (Lipinski definition) is 1. The molecule has 0 atom stereocenters. The van der Waals surface area contributed by atoms with Gasteiger partial charge < -0.3 is 14.4 Å². The summed E-state index contributed by atoms with van der Waals surface area (Å²) in [7, 11) is 0. The molecular formula is C17H21NO3. The lowest BCUT2D eigenvalue weighted by molar-refractivity contribution is -0.109. The zero-order valence-electron chi connectivity index (χ0n) is 12.7. The van der Waals surface area contributed by atoms with Crippen molar-refractivity contribution in [3.05, 3.63) is 35.5 Å². The lowest BCUT2D eigenvalue weighted by atomic mass is 9.88. The lowest BCUT2D eigenvalue weighted by Crippen LogP contribution is -2.43. The molecule has 1 N–H and O–H groups in total. The van der Waals surface area contributed by atoms with E-state index in [1.807, 2.05) is 6.07 Å². The Morgan fingerprint density at radius 3 is 2.67 bits per heavy atom. The first-order valence-electron chi connectivity index (χ1n) is 7.33. The largest absolute Gasteiger partial charge is 0.478 e. The highest BCUT2D eigenvalue weighted by atomic mass is 16.5. The molecule has 1 aliphatic heterocycles. The molecule has 1 fully saturated rings. The third-order valence-electron chi connectivity index (χ3n) is 4.23. The second-order valence-corrected chi connectivity index (χ2v) is 6.71. The Kier molecular flexibility index (Phi) is 3.29. The van der Waals surface area contributed by atoms with Gasteiger partial charge >= 0.3 is 5.97 Å². The number of carbonyl (C=O) groups is 1. The number of ether oxygens (including phenoxy) is 1. The van der Waals surface area contributed by atoms with E-state index in [9.17, 15) is 9.90 Å². The molecule has 1 aromatic heterocycles.